The van der Waals surface area contributed by atoms with Gasteiger partial charge in [-0.05, 0) is 19.4 Å². The molecule has 2 aliphatic heterocycles. The van der Waals surface area contributed by atoms with Gasteiger partial charge in [-0.25, -0.2) is 0 Å². The van der Waals surface area contributed by atoms with Crippen molar-refractivity contribution < 1.29 is 10.2 Å². The number of aliphatic hydroxyl groups is 2. The Kier molecular flexibility index (Phi) is 4.06. The van der Waals surface area contributed by atoms with Crippen molar-refractivity contribution in [3.8, 4) is 0 Å². The molecule has 0 spiro atoms. The molecule has 2 heterocycles. The topological polar surface area (TPSA) is 46.9 Å². The summed E-state index contributed by atoms with van der Waals surface area (Å²) in [7, 11) is 0. The van der Waals surface area contributed by atoms with Gasteiger partial charge in [-0.2, -0.15) is 0 Å². The zero-order chi connectivity index (χ0) is 15.0. The number of rotatable bonds is 3. The summed E-state index contributed by atoms with van der Waals surface area (Å²) in [5.74, 6) is -1.68. The summed E-state index contributed by atoms with van der Waals surface area (Å²) in [6.07, 6.45) is 0. The standard InChI is InChI=1S/C17H26N2O2/c1-13(2)19-11-15-9-18(8-14-6-4-3-5-7-14)10-16(12-19)17(15,20)21/h3-7,13,15-16,20-21H,8-12H2,1-2H3. The molecule has 21 heavy (non-hydrogen) atoms. The molecule has 0 amide bonds. The molecule has 3 rings (SSSR count). The third kappa shape index (κ3) is 2.99. The van der Waals surface area contributed by atoms with E-state index in [4.69, 9.17) is 0 Å². The van der Waals surface area contributed by atoms with E-state index in [1.54, 1.807) is 0 Å². The molecule has 2 N–H and O–H groups in total. The lowest BCUT2D eigenvalue weighted by molar-refractivity contribution is -0.284. The van der Waals surface area contributed by atoms with E-state index in [0.29, 0.717) is 6.04 Å². The Morgan fingerprint density at radius 2 is 1.62 bits per heavy atom. The molecule has 4 heteroatoms. The molecule has 116 valence electrons. The highest BCUT2D eigenvalue weighted by Crippen LogP contribution is 2.37. The highest BCUT2D eigenvalue weighted by atomic mass is 16.5. The smallest absolute Gasteiger partial charge is 0.173 e. The van der Waals surface area contributed by atoms with E-state index in [2.05, 4.69) is 47.9 Å². The molecule has 2 aliphatic rings. The first kappa shape index (κ1) is 15.0. The van der Waals surface area contributed by atoms with Gasteiger partial charge in [0.25, 0.3) is 0 Å². The minimum Gasteiger partial charge on any atom is -0.365 e. The normalized spacial score (nSPS) is 29.8. The summed E-state index contributed by atoms with van der Waals surface area (Å²) in [4.78, 5) is 4.74. The molecule has 2 unspecified atom stereocenters. The number of fused-ring (bicyclic) bond motifs is 2. The Hall–Kier alpha value is -0.940. The van der Waals surface area contributed by atoms with E-state index < -0.39 is 5.79 Å². The predicted octanol–water partition coefficient (Wildman–Crippen LogP) is 1.14. The van der Waals surface area contributed by atoms with Gasteiger partial charge >= 0.3 is 0 Å². The van der Waals surface area contributed by atoms with Crippen LogP contribution in [0.3, 0.4) is 0 Å². The molecule has 0 aliphatic carbocycles. The molecule has 1 aromatic rings. The molecule has 1 aromatic carbocycles. The van der Waals surface area contributed by atoms with Gasteiger partial charge in [-0.15, -0.1) is 0 Å². The van der Waals surface area contributed by atoms with Crippen LogP contribution < -0.4 is 0 Å². The maximum atomic E-state index is 10.4. The molecule has 2 fully saturated rings. The maximum absolute atomic E-state index is 10.4. The molecule has 2 saturated heterocycles. The first-order valence-corrected chi connectivity index (χ1v) is 7.92. The summed E-state index contributed by atoms with van der Waals surface area (Å²) < 4.78 is 0. The van der Waals surface area contributed by atoms with Crippen LogP contribution in [0.1, 0.15) is 19.4 Å². The second-order valence-electron chi connectivity index (χ2n) is 6.90. The van der Waals surface area contributed by atoms with E-state index in [1.165, 1.54) is 5.56 Å². The van der Waals surface area contributed by atoms with Crippen LogP contribution in [-0.2, 0) is 6.54 Å². The summed E-state index contributed by atoms with van der Waals surface area (Å²) >= 11 is 0. The highest BCUT2D eigenvalue weighted by molar-refractivity contribution is 5.15. The van der Waals surface area contributed by atoms with Crippen LogP contribution in [0.15, 0.2) is 30.3 Å². The molecule has 0 aromatic heterocycles. The molecule has 2 atom stereocenters. The average molecular weight is 290 g/mol. The zero-order valence-electron chi connectivity index (χ0n) is 12.9. The Morgan fingerprint density at radius 3 is 2.14 bits per heavy atom. The molecular formula is C17H26N2O2. The van der Waals surface area contributed by atoms with Crippen molar-refractivity contribution in [2.24, 2.45) is 11.8 Å². The summed E-state index contributed by atoms with van der Waals surface area (Å²) in [6, 6.07) is 10.9. The van der Waals surface area contributed by atoms with Crippen LogP contribution in [0.2, 0.25) is 0 Å². The Bertz CT molecular complexity index is 457. The second-order valence-corrected chi connectivity index (χ2v) is 6.90. The van der Waals surface area contributed by atoms with Crippen molar-refractivity contribution in [2.75, 3.05) is 26.2 Å². The van der Waals surface area contributed by atoms with E-state index in [9.17, 15) is 10.2 Å². The fourth-order valence-electron chi connectivity index (χ4n) is 3.72. The van der Waals surface area contributed by atoms with Crippen LogP contribution in [-0.4, -0.2) is 58.0 Å². The molecule has 0 saturated carbocycles. The van der Waals surface area contributed by atoms with Crippen molar-refractivity contribution in [3.05, 3.63) is 35.9 Å². The van der Waals surface area contributed by atoms with E-state index in [1.807, 2.05) is 6.07 Å². The lowest BCUT2D eigenvalue weighted by Crippen LogP contribution is -2.67. The van der Waals surface area contributed by atoms with Crippen LogP contribution in [0, 0.1) is 11.8 Å². The number of nitrogens with zero attached hydrogens (tertiary/aromatic N) is 2. The van der Waals surface area contributed by atoms with Gasteiger partial charge in [0.15, 0.2) is 5.79 Å². The van der Waals surface area contributed by atoms with E-state index in [0.717, 1.165) is 32.7 Å². The van der Waals surface area contributed by atoms with Crippen LogP contribution in [0.4, 0.5) is 0 Å². The minimum atomic E-state index is -1.50. The molecule has 4 nitrogen and oxygen atoms in total. The largest absolute Gasteiger partial charge is 0.365 e. The Balaban J connectivity index is 1.71. The number of hydrogen-bond donors (Lipinski definition) is 2. The van der Waals surface area contributed by atoms with Gasteiger partial charge in [0.05, 0.1) is 0 Å². The van der Waals surface area contributed by atoms with Gasteiger partial charge in [-0.1, -0.05) is 30.3 Å². The minimum absolute atomic E-state index is 0.0869. The van der Waals surface area contributed by atoms with Crippen LogP contribution >= 0.6 is 0 Å². The fourth-order valence-corrected chi connectivity index (χ4v) is 3.72. The Morgan fingerprint density at radius 1 is 1.05 bits per heavy atom. The molecular weight excluding hydrogens is 264 g/mol. The Labute approximate surface area is 127 Å². The maximum Gasteiger partial charge on any atom is 0.173 e. The van der Waals surface area contributed by atoms with Gasteiger partial charge < -0.3 is 10.2 Å². The van der Waals surface area contributed by atoms with Crippen LogP contribution in [0.25, 0.3) is 0 Å². The second kappa shape index (κ2) is 5.69. The third-order valence-electron chi connectivity index (χ3n) is 5.05. The van der Waals surface area contributed by atoms with Crippen molar-refractivity contribution in [3.63, 3.8) is 0 Å². The first-order chi connectivity index (χ1) is 9.96. The van der Waals surface area contributed by atoms with Crippen molar-refractivity contribution in [2.45, 2.75) is 32.2 Å². The zero-order valence-corrected chi connectivity index (χ0v) is 12.9. The first-order valence-electron chi connectivity index (χ1n) is 7.92. The number of likely N-dealkylation sites (tertiary alicyclic amines) is 2. The predicted molar refractivity (Wildman–Crippen MR) is 82.6 cm³/mol. The summed E-state index contributed by atoms with van der Waals surface area (Å²) in [6.45, 7) is 8.30. The SMILES string of the molecule is CC(C)N1CC2CN(Cc3ccccc3)CC(C1)C2(O)O. The number of benzene rings is 1. The fraction of sp³-hybridized carbons (Fsp3) is 0.647. The van der Waals surface area contributed by atoms with Crippen molar-refractivity contribution in [1.82, 2.24) is 9.80 Å². The van der Waals surface area contributed by atoms with E-state index >= 15 is 0 Å². The molecule has 2 bridgehead atoms. The van der Waals surface area contributed by atoms with Gasteiger partial charge in [-0.3, -0.25) is 9.80 Å². The van der Waals surface area contributed by atoms with Gasteiger partial charge in [0.1, 0.15) is 0 Å². The molecule has 0 radical (unpaired) electrons. The number of hydrogen-bond acceptors (Lipinski definition) is 4. The van der Waals surface area contributed by atoms with Gasteiger partial charge in [0, 0.05) is 50.6 Å². The quantitative estimate of drug-likeness (QED) is 0.820. The highest BCUT2D eigenvalue weighted by Gasteiger charge is 2.51. The van der Waals surface area contributed by atoms with Crippen molar-refractivity contribution >= 4 is 0 Å². The lowest BCUT2D eigenvalue weighted by atomic mass is 9.77. The van der Waals surface area contributed by atoms with Gasteiger partial charge in [0.2, 0.25) is 0 Å². The van der Waals surface area contributed by atoms with Crippen molar-refractivity contribution in [1.29, 1.82) is 0 Å². The summed E-state index contributed by atoms with van der Waals surface area (Å²) in [5.41, 5.74) is 1.29. The monoisotopic (exact) mass is 290 g/mol. The number of piperidine rings is 2. The lowest BCUT2D eigenvalue weighted by Gasteiger charge is -2.54. The van der Waals surface area contributed by atoms with Crippen LogP contribution in [0.5, 0.6) is 0 Å². The summed E-state index contributed by atoms with van der Waals surface area (Å²) in [5, 5.41) is 20.9. The third-order valence-corrected chi connectivity index (χ3v) is 5.05. The average Bonchev–Trinajstić information content (AvgIpc) is 2.40. The van der Waals surface area contributed by atoms with E-state index in [-0.39, 0.29) is 11.8 Å².